The summed E-state index contributed by atoms with van der Waals surface area (Å²) in [5.74, 6) is 0.202. The zero-order valence-electron chi connectivity index (χ0n) is 10.8. The standard InChI is InChI=1S/C12H16N4OS2/c1-3-14-12-15-10(13)9(19-12)11(17)16(2)6-8-4-5-18-7-8/h4-5,7H,3,6,13H2,1-2H3,(H,14,15). The van der Waals surface area contributed by atoms with Crippen molar-refractivity contribution < 1.29 is 4.79 Å². The normalized spacial score (nSPS) is 10.4. The SMILES string of the molecule is CCNc1nc(N)c(C(=O)N(C)Cc2ccsc2)s1. The van der Waals surface area contributed by atoms with E-state index >= 15 is 0 Å². The zero-order chi connectivity index (χ0) is 13.8. The molecule has 2 heterocycles. The fourth-order valence-electron chi connectivity index (χ4n) is 1.61. The lowest BCUT2D eigenvalue weighted by molar-refractivity contribution is 0.0791. The van der Waals surface area contributed by atoms with Crippen LogP contribution in [0.1, 0.15) is 22.2 Å². The molecule has 102 valence electrons. The Bertz CT molecular complexity index is 550. The number of nitrogens with two attached hydrogens (primary N) is 1. The van der Waals surface area contributed by atoms with Gasteiger partial charge in [0.15, 0.2) is 5.13 Å². The molecule has 0 aliphatic heterocycles. The summed E-state index contributed by atoms with van der Waals surface area (Å²) in [6.07, 6.45) is 0. The Morgan fingerprint density at radius 1 is 1.58 bits per heavy atom. The molecular formula is C12H16N4OS2. The van der Waals surface area contributed by atoms with E-state index in [1.807, 2.05) is 23.8 Å². The van der Waals surface area contributed by atoms with Gasteiger partial charge in [-0.05, 0) is 29.3 Å². The number of aromatic nitrogens is 1. The number of anilines is 2. The van der Waals surface area contributed by atoms with Crippen LogP contribution in [0.25, 0.3) is 0 Å². The van der Waals surface area contributed by atoms with Crippen LogP contribution >= 0.6 is 22.7 Å². The van der Waals surface area contributed by atoms with Crippen molar-refractivity contribution in [2.45, 2.75) is 13.5 Å². The molecule has 0 saturated heterocycles. The lowest BCUT2D eigenvalue weighted by Gasteiger charge is -2.15. The van der Waals surface area contributed by atoms with E-state index in [4.69, 9.17) is 5.73 Å². The van der Waals surface area contributed by atoms with E-state index < -0.39 is 0 Å². The van der Waals surface area contributed by atoms with Gasteiger partial charge in [-0.25, -0.2) is 4.98 Å². The van der Waals surface area contributed by atoms with Gasteiger partial charge < -0.3 is 16.0 Å². The van der Waals surface area contributed by atoms with Crippen molar-refractivity contribution in [1.29, 1.82) is 0 Å². The van der Waals surface area contributed by atoms with Crippen LogP contribution in [0.3, 0.4) is 0 Å². The largest absolute Gasteiger partial charge is 0.382 e. The maximum atomic E-state index is 12.3. The van der Waals surface area contributed by atoms with Crippen LogP contribution in [0.15, 0.2) is 16.8 Å². The number of rotatable bonds is 5. The van der Waals surface area contributed by atoms with Gasteiger partial charge in [0, 0.05) is 20.1 Å². The number of nitrogen functional groups attached to an aromatic ring is 1. The van der Waals surface area contributed by atoms with Crippen molar-refractivity contribution in [3.63, 3.8) is 0 Å². The van der Waals surface area contributed by atoms with Crippen LogP contribution in [-0.4, -0.2) is 29.4 Å². The van der Waals surface area contributed by atoms with E-state index in [1.54, 1.807) is 23.3 Å². The molecule has 0 fully saturated rings. The minimum Gasteiger partial charge on any atom is -0.382 e. The Balaban J connectivity index is 2.10. The predicted molar refractivity (Wildman–Crippen MR) is 80.8 cm³/mol. The van der Waals surface area contributed by atoms with E-state index in [9.17, 15) is 4.79 Å². The van der Waals surface area contributed by atoms with Crippen LogP contribution in [0.2, 0.25) is 0 Å². The molecule has 0 atom stereocenters. The second kappa shape index (κ2) is 6.03. The van der Waals surface area contributed by atoms with Gasteiger partial charge in [-0.2, -0.15) is 11.3 Å². The molecule has 2 aromatic heterocycles. The number of thiophene rings is 1. The first-order valence-corrected chi connectivity index (χ1v) is 7.64. The van der Waals surface area contributed by atoms with Crippen LogP contribution in [-0.2, 0) is 6.54 Å². The molecule has 0 saturated carbocycles. The molecule has 2 aromatic rings. The van der Waals surface area contributed by atoms with E-state index in [2.05, 4.69) is 10.3 Å². The van der Waals surface area contributed by atoms with Crippen molar-refractivity contribution in [3.8, 4) is 0 Å². The fourth-order valence-corrected chi connectivity index (χ4v) is 3.22. The Morgan fingerprint density at radius 2 is 2.37 bits per heavy atom. The highest BCUT2D eigenvalue weighted by Crippen LogP contribution is 2.26. The van der Waals surface area contributed by atoms with E-state index in [-0.39, 0.29) is 5.91 Å². The predicted octanol–water partition coefficient (Wildman–Crippen LogP) is 2.49. The molecule has 0 bridgehead atoms. The van der Waals surface area contributed by atoms with Crippen molar-refractivity contribution in [2.24, 2.45) is 0 Å². The molecule has 7 heteroatoms. The molecule has 0 radical (unpaired) electrons. The maximum absolute atomic E-state index is 12.3. The first-order valence-electron chi connectivity index (χ1n) is 5.88. The first-order chi connectivity index (χ1) is 9.11. The van der Waals surface area contributed by atoms with Crippen LogP contribution < -0.4 is 11.1 Å². The highest BCUT2D eigenvalue weighted by molar-refractivity contribution is 7.18. The van der Waals surface area contributed by atoms with Crippen LogP contribution in [0.4, 0.5) is 10.9 Å². The monoisotopic (exact) mass is 296 g/mol. The second-order valence-electron chi connectivity index (χ2n) is 4.06. The van der Waals surface area contributed by atoms with Gasteiger partial charge in [-0.1, -0.05) is 11.3 Å². The summed E-state index contributed by atoms with van der Waals surface area (Å²) in [5.41, 5.74) is 6.92. The first kappa shape index (κ1) is 13.8. The molecular weight excluding hydrogens is 280 g/mol. The zero-order valence-corrected chi connectivity index (χ0v) is 12.5. The lowest BCUT2D eigenvalue weighted by Crippen LogP contribution is -2.25. The Hall–Kier alpha value is -1.60. The molecule has 19 heavy (non-hydrogen) atoms. The molecule has 2 rings (SSSR count). The third-order valence-corrected chi connectivity index (χ3v) is 4.27. The molecule has 0 aliphatic rings. The van der Waals surface area contributed by atoms with Crippen molar-refractivity contribution in [3.05, 3.63) is 27.3 Å². The molecule has 0 aliphatic carbocycles. The fraction of sp³-hybridized carbons (Fsp3) is 0.333. The number of carbonyl (C=O) groups excluding carboxylic acids is 1. The number of thiazole rings is 1. The summed E-state index contributed by atoms with van der Waals surface area (Å²) in [7, 11) is 1.77. The van der Waals surface area contributed by atoms with Crippen LogP contribution in [0.5, 0.6) is 0 Å². The summed E-state index contributed by atoms with van der Waals surface area (Å²) >= 11 is 2.92. The number of hydrogen-bond acceptors (Lipinski definition) is 6. The molecule has 0 spiro atoms. The number of amides is 1. The highest BCUT2D eigenvalue weighted by atomic mass is 32.1. The summed E-state index contributed by atoms with van der Waals surface area (Å²) in [5, 5.41) is 7.78. The molecule has 3 N–H and O–H groups in total. The Labute approximate surface area is 120 Å². The van der Waals surface area contributed by atoms with E-state index in [0.717, 1.165) is 12.1 Å². The van der Waals surface area contributed by atoms with Crippen molar-refractivity contribution >= 4 is 39.5 Å². The number of nitrogens with zero attached hydrogens (tertiary/aromatic N) is 2. The van der Waals surface area contributed by atoms with E-state index in [0.29, 0.717) is 22.4 Å². The van der Waals surface area contributed by atoms with Gasteiger partial charge in [0.1, 0.15) is 10.7 Å². The summed E-state index contributed by atoms with van der Waals surface area (Å²) < 4.78 is 0. The minimum absolute atomic E-state index is 0.0923. The highest BCUT2D eigenvalue weighted by Gasteiger charge is 2.19. The summed E-state index contributed by atoms with van der Waals surface area (Å²) in [6.45, 7) is 3.31. The Kier molecular flexibility index (Phi) is 4.39. The molecule has 0 aromatic carbocycles. The molecule has 5 nitrogen and oxygen atoms in total. The number of hydrogen-bond donors (Lipinski definition) is 2. The van der Waals surface area contributed by atoms with Gasteiger partial charge in [-0.15, -0.1) is 0 Å². The van der Waals surface area contributed by atoms with E-state index in [1.165, 1.54) is 11.3 Å². The third-order valence-electron chi connectivity index (χ3n) is 2.52. The van der Waals surface area contributed by atoms with Gasteiger partial charge >= 0.3 is 0 Å². The second-order valence-corrected chi connectivity index (χ2v) is 5.84. The van der Waals surface area contributed by atoms with Crippen molar-refractivity contribution in [1.82, 2.24) is 9.88 Å². The number of nitrogens with one attached hydrogen (secondary N) is 1. The van der Waals surface area contributed by atoms with Gasteiger partial charge in [0.25, 0.3) is 5.91 Å². The van der Waals surface area contributed by atoms with Crippen molar-refractivity contribution in [2.75, 3.05) is 24.6 Å². The number of carbonyl (C=O) groups is 1. The third kappa shape index (κ3) is 3.24. The molecule has 0 unspecified atom stereocenters. The summed E-state index contributed by atoms with van der Waals surface area (Å²) in [4.78, 5) is 18.6. The minimum atomic E-state index is -0.0923. The van der Waals surface area contributed by atoms with Gasteiger partial charge in [0.2, 0.25) is 0 Å². The lowest BCUT2D eigenvalue weighted by atomic mass is 10.3. The summed E-state index contributed by atoms with van der Waals surface area (Å²) in [6, 6.07) is 2.01. The molecule has 1 amide bonds. The Morgan fingerprint density at radius 3 is 3.00 bits per heavy atom. The maximum Gasteiger partial charge on any atom is 0.267 e. The van der Waals surface area contributed by atoms with Gasteiger partial charge in [0.05, 0.1) is 0 Å². The topological polar surface area (TPSA) is 71.2 Å². The average molecular weight is 296 g/mol. The van der Waals surface area contributed by atoms with Crippen LogP contribution in [0, 0.1) is 0 Å². The smallest absolute Gasteiger partial charge is 0.267 e. The van der Waals surface area contributed by atoms with Gasteiger partial charge in [-0.3, -0.25) is 4.79 Å². The average Bonchev–Trinajstić information content (AvgIpc) is 2.99. The quantitative estimate of drug-likeness (QED) is 0.889.